The molecule has 0 saturated heterocycles. The largest absolute Gasteiger partial charge is 0.478 e. The Morgan fingerprint density at radius 3 is 2.78 bits per heavy atom. The lowest BCUT2D eigenvalue weighted by atomic mass is 10.1. The van der Waals surface area contributed by atoms with E-state index in [1.54, 1.807) is 13.0 Å². The quantitative estimate of drug-likeness (QED) is 0.784. The maximum Gasteiger partial charge on any atom is 0.339 e. The van der Waals surface area contributed by atoms with E-state index in [4.69, 9.17) is 6.42 Å². The number of hydrogen-bond acceptors (Lipinski definition) is 3. The highest BCUT2D eigenvalue weighted by Gasteiger charge is 2.17. The minimum Gasteiger partial charge on any atom is -0.478 e. The molecule has 2 N–H and O–H groups in total. The van der Waals surface area contributed by atoms with Gasteiger partial charge in [-0.05, 0) is 26.3 Å². The van der Waals surface area contributed by atoms with Gasteiger partial charge in [-0.25, -0.2) is 4.79 Å². The van der Waals surface area contributed by atoms with E-state index in [1.165, 1.54) is 0 Å². The Morgan fingerprint density at radius 2 is 2.28 bits per heavy atom. The van der Waals surface area contributed by atoms with Gasteiger partial charge in [-0.2, -0.15) is 0 Å². The van der Waals surface area contributed by atoms with E-state index >= 15 is 0 Å². The van der Waals surface area contributed by atoms with Crippen LogP contribution in [0.15, 0.2) is 6.07 Å². The first-order valence-corrected chi connectivity index (χ1v) is 5.91. The van der Waals surface area contributed by atoms with Gasteiger partial charge in [0.2, 0.25) is 0 Å². The minimum absolute atomic E-state index is 0.0781. The van der Waals surface area contributed by atoms with Crippen molar-refractivity contribution in [3.8, 4) is 12.3 Å². The number of nitrogens with one attached hydrogen (secondary N) is 1. The van der Waals surface area contributed by atoms with Crippen LogP contribution in [0.25, 0.3) is 0 Å². The van der Waals surface area contributed by atoms with E-state index in [0.29, 0.717) is 17.8 Å². The molecule has 0 aliphatic heterocycles. The van der Waals surface area contributed by atoms with Crippen LogP contribution in [-0.2, 0) is 0 Å². The molecule has 96 valence electrons. The van der Waals surface area contributed by atoms with Crippen molar-refractivity contribution in [2.24, 2.45) is 0 Å². The van der Waals surface area contributed by atoms with E-state index < -0.39 is 5.97 Å². The van der Waals surface area contributed by atoms with E-state index in [2.05, 4.69) is 16.2 Å². The van der Waals surface area contributed by atoms with Crippen LogP contribution in [-0.4, -0.2) is 22.1 Å². The number of terminal acetylenes is 1. The molecule has 0 spiro atoms. The molecule has 0 aliphatic carbocycles. The molecule has 0 aliphatic rings. The van der Waals surface area contributed by atoms with Gasteiger partial charge >= 0.3 is 5.97 Å². The maximum absolute atomic E-state index is 11.3. The number of aromatic nitrogens is 1. The summed E-state index contributed by atoms with van der Waals surface area (Å²) in [6.45, 7) is 5.55. The topological polar surface area (TPSA) is 62.2 Å². The van der Waals surface area contributed by atoms with Crippen LogP contribution in [0, 0.1) is 26.2 Å². The Morgan fingerprint density at radius 1 is 1.61 bits per heavy atom. The zero-order valence-electron chi connectivity index (χ0n) is 10.9. The first-order chi connectivity index (χ1) is 8.49. The third-order valence-electron chi connectivity index (χ3n) is 2.76. The van der Waals surface area contributed by atoms with Gasteiger partial charge in [0.25, 0.3) is 0 Å². The summed E-state index contributed by atoms with van der Waals surface area (Å²) in [6, 6.07) is 1.82. The maximum atomic E-state index is 11.3. The Kier molecular flexibility index (Phi) is 4.73. The molecule has 1 aromatic rings. The molecule has 0 fully saturated rings. The van der Waals surface area contributed by atoms with Crippen molar-refractivity contribution in [2.45, 2.75) is 39.7 Å². The summed E-state index contributed by atoms with van der Waals surface area (Å²) in [5, 5.41) is 12.4. The summed E-state index contributed by atoms with van der Waals surface area (Å²) < 4.78 is 0. The zero-order valence-corrected chi connectivity index (χ0v) is 10.9. The third kappa shape index (κ3) is 3.24. The average Bonchev–Trinajstić information content (AvgIpc) is 2.26. The molecule has 0 saturated carbocycles. The average molecular weight is 246 g/mol. The molecule has 4 heteroatoms. The van der Waals surface area contributed by atoms with E-state index in [9.17, 15) is 9.90 Å². The number of aromatic carboxylic acids is 1. The fraction of sp³-hybridized carbons (Fsp3) is 0.429. The van der Waals surface area contributed by atoms with Gasteiger partial charge in [-0.3, -0.25) is 4.98 Å². The van der Waals surface area contributed by atoms with E-state index in [1.807, 2.05) is 13.8 Å². The molecule has 1 aromatic heterocycles. The monoisotopic (exact) mass is 246 g/mol. The lowest BCUT2D eigenvalue weighted by Crippen LogP contribution is -2.20. The Labute approximate surface area is 107 Å². The van der Waals surface area contributed by atoms with Gasteiger partial charge in [-0.1, -0.05) is 6.92 Å². The van der Waals surface area contributed by atoms with Crippen LogP contribution in [0.1, 0.15) is 41.5 Å². The minimum atomic E-state index is -0.974. The van der Waals surface area contributed by atoms with Crippen LogP contribution in [0.2, 0.25) is 0 Å². The summed E-state index contributed by atoms with van der Waals surface area (Å²) in [5.74, 6) is 1.62. The summed E-state index contributed by atoms with van der Waals surface area (Å²) in [5.41, 5.74) is 2.11. The summed E-state index contributed by atoms with van der Waals surface area (Å²) in [7, 11) is 0. The molecule has 18 heavy (non-hydrogen) atoms. The van der Waals surface area contributed by atoms with Gasteiger partial charge in [0.15, 0.2) is 0 Å². The van der Waals surface area contributed by atoms with Crippen LogP contribution in [0.4, 0.5) is 5.69 Å². The second-order valence-corrected chi connectivity index (χ2v) is 4.23. The van der Waals surface area contributed by atoms with Crippen molar-refractivity contribution >= 4 is 11.7 Å². The molecular weight excluding hydrogens is 228 g/mol. The fourth-order valence-electron chi connectivity index (χ4n) is 1.87. The number of carboxylic acid groups (broad SMARTS) is 1. The van der Waals surface area contributed by atoms with Crippen LogP contribution < -0.4 is 5.32 Å². The lowest BCUT2D eigenvalue weighted by molar-refractivity contribution is 0.0696. The van der Waals surface area contributed by atoms with E-state index in [-0.39, 0.29) is 11.6 Å². The molecule has 0 amide bonds. The number of aryl methyl sites for hydroxylation is 2. The van der Waals surface area contributed by atoms with Gasteiger partial charge in [0, 0.05) is 18.2 Å². The van der Waals surface area contributed by atoms with Gasteiger partial charge in [0.05, 0.1) is 11.4 Å². The molecule has 1 rings (SSSR count). The van der Waals surface area contributed by atoms with Gasteiger partial charge in [0.1, 0.15) is 5.56 Å². The summed E-state index contributed by atoms with van der Waals surface area (Å²) in [4.78, 5) is 15.4. The first kappa shape index (κ1) is 14.0. The zero-order chi connectivity index (χ0) is 13.7. The Balaban J connectivity index is 3.14. The van der Waals surface area contributed by atoms with Crippen molar-refractivity contribution in [3.05, 3.63) is 23.0 Å². The molecule has 4 nitrogen and oxygen atoms in total. The number of hydrogen-bond donors (Lipinski definition) is 2. The van der Waals surface area contributed by atoms with Crippen molar-refractivity contribution in [1.29, 1.82) is 0 Å². The number of pyridine rings is 1. The standard InChI is InChI=1S/C14H18N2O2/c1-5-7-11(6-2)16-12-8-9(3)15-10(4)13(12)14(17)18/h1,8,11H,6-7H2,2-4H3,(H,15,16)(H,17,18). The predicted octanol–water partition coefficient (Wildman–Crippen LogP) is 2.61. The van der Waals surface area contributed by atoms with E-state index in [0.717, 1.165) is 12.1 Å². The summed E-state index contributed by atoms with van der Waals surface area (Å²) in [6.07, 6.45) is 6.70. The highest BCUT2D eigenvalue weighted by atomic mass is 16.4. The molecular formula is C14H18N2O2. The number of anilines is 1. The van der Waals surface area contributed by atoms with Gasteiger partial charge in [-0.15, -0.1) is 12.3 Å². The second-order valence-electron chi connectivity index (χ2n) is 4.23. The van der Waals surface area contributed by atoms with Crippen molar-refractivity contribution < 1.29 is 9.90 Å². The smallest absolute Gasteiger partial charge is 0.339 e. The molecule has 0 aromatic carbocycles. The molecule has 1 heterocycles. The highest BCUT2D eigenvalue weighted by molar-refractivity contribution is 5.95. The molecule has 0 radical (unpaired) electrons. The molecule has 1 unspecified atom stereocenters. The number of rotatable bonds is 5. The summed E-state index contributed by atoms with van der Waals surface area (Å²) >= 11 is 0. The highest BCUT2D eigenvalue weighted by Crippen LogP contribution is 2.21. The van der Waals surface area contributed by atoms with Crippen LogP contribution in [0.5, 0.6) is 0 Å². The predicted molar refractivity (Wildman–Crippen MR) is 71.8 cm³/mol. The van der Waals surface area contributed by atoms with Crippen molar-refractivity contribution in [3.63, 3.8) is 0 Å². The molecule has 1 atom stereocenters. The Hall–Kier alpha value is -2.02. The second kappa shape index (κ2) is 6.06. The van der Waals surface area contributed by atoms with Crippen LogP contribution >= 0.6 is 0 Å². The SMILES string of the molecule is C#CCC(CC)Nc1cc(C)nc(C)c1C(=O)O. The number of carboxylic acids is 1. The number of nitrogens with zero attached hydrogens (tertiary/aromatic N) is 1. The van der Waals surface area contributed by atoms with Crippen LogP contribution in [0.3, 0.4) is 0 Å². The van der Waals surface area contributed by atoms with Gasteiger partial charge < -0.3 is 10.4 Å². The fourth-order valence-corrected chi connectivity index (χ4v) is 1.87. The normalized spacial score (nSPS) is 11.7. The van der Waals surface area contributed by atoms with Crippen molar-refractivity contribution in [2.75, 3.05) is 5.32 Å². The lowest BCUT2D eigenvalue weighted by Gasteiger charge is -2.18. The van der Waals surface area contributed by atoms with Crippen molar-refractivity contribution in [1.82, 2.24) is 4.98 Å². The number of carbonyl (C=O) groups is 1. The molecule has 0 bridgehead atoms. The Bertz CT molecular complexity index is 489. The first-order valence-electron chi connectivity index (χ1n) is 5.91. The third-order valence-corrected chi connectivity index (χ3v) is 2.76.